The van der Waals surface area contributed by atoms with Gasteiger partial charge in [-0.15, -0.1) is 0 Å². The average Bonchev–Trinajstić information content (AvgIpc) is 2.47. The number of likely N-dealkylation sites (tertiary alicyclic amines) is 1. The minimum Gasteiger partial charge on any atom is -0.375 e. The summed E-state index contributed by atoms with van der Waals surface area (Å²) in [5.74, 6) is 0.0786. The van der Waals surface area contributed by atoms with Gasteiger partial charge in [0.15, 0.2) is 0 Å². The quantitative estimate of drug-likeness (QED) is 0.823. The first kappa shape index (κ1) is 13.9. The Bertz CT molecular complexity index is 391. The summed E-state index contributed by atoms with van der Waals surface area (Å²) in [7, 11) is 1.55. The highest BCUT2D eigenvalue weighted by Gasteiger charge is 2.22. The molecule has 1 saturated heterocycles. The van der Waals surface area contributed by atoms with E-state index in [-0.39, 0.29) is 12.5 Å². The predicted octanol–water partition coefficient (Wildman–Crippen LogP) is 0.204. The fraction of sp³-hybridized carbons (Fsp3) is 0.615. The molecule has 0 saturated carbocycles. The molecule has 1 N–H and O–H groups in total. The molecule has 6 nitrogen and oxygen atoms in total. The Kier molecular flexibility index (Phi) is 5.23. The molecule has 0 bridgehead atoms. The number of carbonyl (C=O) groups excluding carboxylic acids is 1. The number of amides is 1. The van der Waals surface area contributed by atoms with E-state index in [1.165, 1.54) is 0 Å². The third-order valence-electron chi connectivity index (χ3n) is 3.30. The van der Waals surface area contributed by atoms with Crippen LogP contribution in [0.2, 0.25) is 0 Å². The van der Waals surface area contributed by atoms with Gasteiger partial charge in [0.2, 0.25) is 5.91 Å². The number of nitrogens with zero attached hydrogens (tertiary/aromatic N) is 3. The highest BCUT2D eigenvalue weighted by Crippen LogP contribution is 2.11. The van der Waals surface area contributed by atoms with Crippen molar-refractivity contribution in [2.75, 3.05) is 26.8 Å². The zero-order valence-corrected chi connectivity index (χ0v) is 11.2. The van der Waals surface area contributed by atoms with Gasteiger partial charge in [-0.05, 0) is 12.8 Å². The summed E-state index contributed by atoms with van der Waals surface area (Å²) in [5.41, 5.74) is 0.945. The smallest absolute Gasteiger partial charge is 0.248 e. The number of aromatic nitrogens is 2. The maximum Gasteiger partial charge on any atom is 0.248 e. The van der Waals surface area contributed by atoms with Crippen LogP contribution < -0.4 is 5.32 Å². The van der Waals surface area contributed by atoms with E-state index in [4.69, 9.17) is 4.74 Å². The molecule has 19 heavy (non-hydrogen) atoms. The summed E-state index contributed by atoms with van der Waals surface area (Å²) in [4.78, 5) is 21.8. The van der Waals surface area contributed by atoms with Gasteiger partial charge >= 0.3 is 0 Å². The summed E-state index contributed by atoms with van der Waals surface area (Å²) >= 11 is 0. The van der Waals surface area contributed by atoms with Gasteiger partial charge in [0.25, 0.3) is 0 Å². The Morgan fingerprint density at radius 1 is 1.47 bits per heavy atom. The van der Waals surface area contributed by atoms with E-state index in [0.29, 0.717) is 6.04 Å². The highest BCUT2D eigenvalue weighted by atomic mass is 16.5. The molecule has 0 spiro atoms. The maximum atomic E-state index is 11.6. The molecule has 1 fully saturated rings. The fourth-order valence-corrected chi connectivity index (χ4v) is 2.22. The number of hydrogen-bond acceptors (Lipinski definition) is 5. The van der Waals surface area contributed by atoms with Gasteiger partial charge in [-0.25, -0.2) is 0 Å². The molecule has 0 radical (unpaired) electrons. The number of rotatable bonds is 5. The van der Waals surface area contributed by atoms with Crippen LogP contribution in [0.25, 0.3) is 0 Å². The summed E-state index contributed by atoms with van der Waals surface area (Å²) in [6.45, 7) is 2.49. The fourth-order valence-electron chi connectivity index (χ4n) is 2.22. The van der Waals surface area contributed by atoms with Gasteiger partial charge in [0, 0.05) is 51.4 Å². The molecule has 1 aliphatic rings. The van der Waals surface area contributed by atoms with Crippen molar-refractivity contribution in [3.05, 3.63) is 24.3 Å². The first-order valence-electron chi connectivity index (χ1n) is 6.54. The lowest BCUT2D eigenvalue weighted by Crippen LogP contribution is -2.45. The van der Waals surface area contributed by atoms with Gasteiger partial charge in [-0.2, -0.15) is 0 Å². The Morgan fingerprint density at radius 2 is 2.26 bits per heavy atom. The van der Waals surface area contributed by atoms with Crippen LogP contribution in [0.1, 0.15) is 18.5 Å². The lowest BCUT2D eigenvalue weighted by Gasteiger charge is -2.32. The monoisotopic (exact) mass is 264 g/mol. The van der Waals surface area contributed by atoms with E-state index in [1.54, 1.807) is 25.7 Å². The molecule has 2 rings (SSSR count). The van der Waals surface area contributed by atoms with Crippen LogP contribution in [0.3, 0.4) is 0 Å². The Morgan fingerprint density at radius 3 is 2.89 bits per heavy atom. The van der Waals surface area contributed by atoms with Crippen LogP contribution in [-0.2, 0) is 16.1 Å². The molecule has 104 valence electrons. The lowest BCUT2D eigenvalue weighted by atomic mass is 10.0. The number of ether oxygens (including phenoxy) is 1. The minimum absolute atomic E-state index is 0.0786. The molecule has 6 heteroatoms. The number of hydrogen-bond donors (Lipinski definition) is 1. The molecular formula is C13H20N4O2. The van der Waals surface area contributed by atoms with E-state index < -0.39 is 0 Å². The Hall–Kier alpha value is -1.53. The van der Waals surface area contributed by atoms with Crippen molar-refractivity contribution in [1.29, 1.82) is 0 Å². The summed E-state index contributed by atoms with van der Waals surface area (Å²) in [5, 5.41) is 3.46. The highest BCUT2D eigenvalue weighted by molar-refractivity contribution is 5.77. The molecule has 1 aromatic heterocycles. The van der Waals surface area contributed by atoms with Crippen molar-refractivity contribution in [1.82, 2.24) is 20.2 Å². The second-order valence-corrected chi connectivity index (χ2v) is 4.67. The van der Waals surface area contributed by atoms with Crippen LogP contribution in [0.15, 0.2) is 18.6 Å². The van der Waals surface area contributed by atoms with Crippen LogP contribution in [-0.4, -0.2) is 53.6 Å². The van der Waals surface area contributed by atoms with Gasteiger partial charge in [0.1, 0.15) is 6.61 Å². The molecule has 0 aromatic carbocycles. The Labute approximate surface area is 113 Å². The first-order valence-corrected chi connectivity index (χ1v) is 6.54. The number of methoxy groups -OCH3 is 1. The third-order valence-corrected chi connectivity index (χ3v) is 3.30. The van der Waals surface area contributed by atoms with E-state index >= 15 is 0 Å². The molecule has 0 unspecified atom stereocenters. The van der Waals surface area contributed by atoms with Crippen molar-refractivity contribution < 1.29 is 9.53 Å². The Balaban J connectivity index is 1.70. The summed E-state index contributed by atoms with van der Waals surface area (Å²) in [6.07, 6.45) is 7.07. The maximum absolute atomic E-state index is 11.6. The van der Waals surface area contributed by atoms with Crippen molar-refractivity contribution >= 4 is 5.91 Å². The second-order valence-electron chi connectivity index (χ2n) is 4.67. The van der Waals surface area contributed by atoms with Crippen molar-refractivity contribution in [3.8, 4) is 0 Å². The molecule has 0 aliphatic carbocycles. The van der Waals surface area contributed by atoms with Crippen LogP contribution in [0.5, 0.6) is 0 Å². The molecule has 1 aromatic rings. The largest absolute Gasteiger partial charge is 0.375 e. The first-order chi connectivity index (χ1) is 9.29. The van der Waals surface area contributed by atoms with Crippen LogP contribution in [0.4, 0.5) is 0 Å². The van der Waals surface area contributed by atoms with Crippen molar-refractivity contribution in [2.45, 2.75) is 25.4 Å². The molecule has 2 heterocycles. The number of piperidine rings is 1. The standard InChI is InChI=1S/C13H20N4O2/c1-19-10-13(18)17-6-2-11(3-7-17)16-9-12-8-14-4-5-15-12/h4-5,8,11,16H,2-3,6-7,9-10H2,1H3. The van der Waals surface area contributed by atoms with E-state index in [2.05, 4.69) is 15.3 Å². The number of carbonyl (C=O) groups is 1. The zero-order valence-electron chi connectivity index (χ0n) is 11.2. The predicted molar refractivity (Wildman–Crippen MR) is 70.3 cm³/mol. The van der Waals surface area contributed by atoms with Crippen LogP contribution in [0, 0.1) is 0 Å². The average molecular weight is 264 g/mol. The van der Waals surface area contributed by atoms with Crippen molar-refractivity contribution in [3.63, 3.8) is 0 Å². The van der Waals surface area contributed by atoms with E-state index in [1.807, 2.05) is 4.90 Å². The van der Waals surface area contributed by atoms with Crippen LogP contribution >= 0.6 is 0 Å². The SMILES string of the molecule is COCC(=O)N1CCC(NCc2cnccn2)CC1. The molecule has 1 amide bonds. The van der Waals surface area contributed by atoms with Gasteiger partial charge in [-0.3, -0.25) is 14.8 Å². The van der Waals surface area contributed by atoms with E-state index in [9.17, 15) is 4.79 Å². The number of nitrogens with one attached hydrogen (secondary N) is 1. The minimum atomic E-state index is 0.0786. The van der Waals surface area contributed by atoms with Gasteiger partial charge < -0.3 is 15.0 Å². The molecular weight excluding hydrogens is 244 g/mol. The van der Waals surface area contributed by atoms with Gasteiger partial charge in [-0.1, -0.05) is 0 Å². The van der Waals surface area contributed by atoms with Gasteiger partial charge in [0.05, 0.1) is 5.69 Å². The zero-order chi connectivity index (χ0) is 13.5. The summed E-state index contributed by atoms with van der Waals surface area (Å²) in [6, 6.07) is 0.439. The molecule has 1 aliphatic heterocycles. The van der Waals surface area contributed by atoms with E-state index in [0.717, 1.165) is 38.2 Å². The normalized spacial score (nSPS) is 16.6. The topological polar surface area (TPSA) is 67.3 Å². The third kappa shape index (κ3) is 4.25. The summed E-state index contributed by atoms with van der Waals surface area (Å²) < 4.78 is 4.87. The lowest BCUT2D eigenvalue weighted by molar-refractivity contribution is -0.136. The van der Waals surface area contributed by atoms with Crippen molar-refractivity contribution in [2.24, 2.45) is 0 Å². The second kappa shape index (κ2) is 7.16. The molecule has 0 atom stereocenters.